The molecule has 1 heterocycles. The number of hydrogen-bond acceptors (Lipinski definition) is 5. The maximum atomic E-state index is 13.0. The largest absolute Gasteiger partial charge is 0.493 e. The molecule has 3 aromatic carbocycles. The van der Waals surface area contributed by atoms with Crippen molar-refractivity contribution in [1.82, 2.24) is 10.4 Å². The zero-order valence-electron chi connectivity index (χ0n) is 17.5. The Morgan fingerprint density at radius 2 is 1.72 bits per heavy atom. The first-order chi connectivity index (χ1) is 15.6. The number of ether oxygens (including phenoxy) is 2. The van der Waals surface area contributed by atoms with Crippen LogP contribution in [-0.4, -0.2) is 31.3 Å². The van der Waals surface area contributed by atoms with Gasteiger partial charge in [0.15, 0.2) is 11.5 Å². The molecule has 1 aromatic heterocycles. The predicted octanol–water partition coefficient (Wildman–Crippen LogP) is 5.34. The van der Waals surface area contributed by atoms with Gasteiger partial charge in [-0.15, -0.1) is 0 Å². The van der Waals surface area contributed by atoms with Crippen molar-refractivity contribution in [3.05, 3.63) is 88.9 Å². The highest BCUT2D eigenvalue weighted by Gasteiger charge is 2.13. The Balaban J connectivity index is 1.63. The number of benzene rings is 3. The van der Waals surface area contributed by atoms with E-state index in [1.807, 2.05) is 42.5 Å². The van der Waals surface area contributed by atoms with Crippen molar-refractivity contribution in [2.45, 2.75) is 0 Å². The standard InChI is InChI=1S/C25H20ClN3O3/c1-31-23-12-7-16(13-24(23)32-2)15-27-29-25(30)20-14-22(17-8-10-18(26)11-9-17)28-21-6-4-3-5-19(20)21/h3-15H,1-2H3,(H,29,30)/b27-15-. The lowest BCUT2D eigenvalue weighted by Crippen LogP contribution is -2.18. The van der Waals surface area contributed by atoms with E-state index in [4.69, 9.17) is 26.1 Å². The summed E-state index contributed by atoms with van der Waals surface area (Å²) < 4.78 is 10.5. The molecule has 4 aromatic rings. The molecule has 1 amide bonds. The molecular weight excluding hydrogens is 426 g/mol. The second kappa shape index (κ2) is 9.49. The van der Waals surface area contributed by atoms with Crippen molar-refractivity contribution in [2.24, 2.45) is 5.10 Å². The monoisotopic (exact) mass is 445 g/mol. The first-order valence-electron chi connectivity index (χ1n) is 9.80. The average molecular weight is 446 g/mol. The number of para-hydroxylation sites is 1. The third kappa shape index (κ3) is 4.55. The van der Waals surface area contributed by atoms with Gasteiger partial charge >= 0.3 is 0 Å². The van der Waals surface area contributed by atoms with E-state index in [2.05, 4.69) is 10.5 Å². The van der Waals surface area contributed by atoms with Gasteiger partial charge in [-0.25, -0.2) is 10.4 Å². The molecule has 0 aliphatic rings. The van der Waals surface area contributed by atoms with Gasteiger partial charge in [-0.3, -0.25) is 4.79 Å². The van der Waals surface area contributed by atoms with Gasteiger partial charge in [-0.1, -0.05) is 41.9 Å². The molecule has 160 valence electrons. The van der Waals surface area contributed by atoms with Gasteiger partial charge in [-0.2, -0.15) is 5.10 Å². The van der Waals surface area contributed by atoms with Crippen LogP contribution in [0.2, 0.25) is 5.02 Å². The highest BCUT2D eigenvalue weighted by molar-refractivity contribution is 6.30. The molecule has 0 unspecified atom stereocenters. The van der Waals surface area contributed by atoms with E-state index in [0.717, 1.165) is 16.5 Å². The van der Waals surface area contributed by atoms with Crippen LogP contribution >= 0.6 is 11.6 Å². The zero-order chi connectivity index (χ0) is 22.5. The Morgan fingerprint density at radius 3 is 2.47 bits per heavy atom. The highest BCUT2D eigenvalue weighted by Crippen LogP contribution is 2.27. The van der Waals surface area contributed by atoms with E-state index in [9.17, 15) is 4.79 Å². The molecule has 1 N–H and O–H groups in total. The van der Waals surface area contributed by atoms with E-state index in [1.165, 1.54) is 0 Å². The quantitative estimate of drug-likeness (QED) is 0.321. The maximum absolute atomic E-state index is 13.0. The lowest BCUT2D eigenvalue weighted by Gasteiger charge is -2.09. The Hall–Kier alpha value is -3.90. The summed E-state index contributed by atoms with van der Waals surface area (Å²) in [4.78, 5) is 17.7. The van der Waals surface area contributed by atoms with Crippen molar-refractivity contribution in [1.29, 1.82) is 0 Å². The minimum Gasteiger partial charge on any atom is -0.493 e. The van der Waals surface area contributed by atoms with Gasteiger partial charge in [0.25, 0.3) is 5.91 Å². The van der Waals surface area contributed by atoms with Gasteiger partial charge in [0.1, 0.15) is 0 Å². The number of halogens is 1. The average Bonchev–Trinajstić information content (AvgIpc) is 2.83. The summed E-state index contributed by atoms with van der Waals surface area (Å²) in [5.74, 6) is 0.859. The van der Waals surface area contributed by atoms with Crippen molar-refractivity contribution in [2.75, 3.05) is 14.2 Å². The lowest BCUT2D eigenvalue weighted by atomic mass is 10.0. The van der Waals surface area contributed by atoms with E-state index < -0.39 is 0 Å². The first kappa shape index (κ1) is 21.3. The lowest BCUT2D eigenvalue weighted by molar-refractivity contribution is 0.0956. The number of aromatic nitrogens is 1. The molecule has 4 rings (SSSR count). The van der Waals surface area contributed by atoms with E-state index in [-0.39, 0.29) is 5.91 Å². The molecule has 0 radical (unpaired) electrons. The number of nitrogens with one attached hydrogen (secondary N) is 1. The van der Waals surface area contributed by atoms with Crippen LogP contribution in [0.1, 0.15) is 15.9 Å². The smallest absolute Gasteiger partial charge is 0.272 e. The number of carbonyl (C=O) groups is 1. The number of methoxy groups -OCH3 is 2. The van der Waals surface area contributed by atoms with Crippen LogP contribution in [0.15, 0.2) is 77.9 Å². The normalized spacial score (nSPS) is 11.0. The summed E-state index contributed by atoms with van der Waals surface area (Å²) in [7, 11) is 3.14. The van der Waals surface area contributed by atoms with Crippen LogP contribution in [0.25, 0.3) is 22.2 Å². The van der Waals surface area contributed by atoms with E-state index >= 15 is 0 Å². The molecule has 7 heteroatoms. The topological polar surface area (TPSA) is 72.8 Å². The molecule has 0 bridgehead atoms. The molecule has 0 spiro atoms. The second-order valence-electron chi connectivity index (χ2n) is 6.89. The molecular formula is C25H20ClN3O3. The van der Waals surface area contributed by atoms with Crippen LogP contribution < -0.4 is 14.9 Å². The molecule has 0 aliphatic carbocycles. The second-order valence-corrected chi connectivity index (χ2v) is 7.33. The number of nitrogens with zero attached hydrogens (tertiary/aromatic N) is 2. The maximum Gasteiger partial charge on any atom is 0.272 e. The number of amides is 1. The molecule has 0 saturated carbocycles. The fourth-order valence-electron chi connectivity index (χ4n) is 3.29. The van der Waals surface area contributed by atoms with Crippen LogP contribution in [0.4, 0.5) is 0 Å². The van der Waals surface area contributed by atoms with Crippen LogP contribution in [0, 0.1) is 0 Å². The number of carbonyl (C=O) groups excluding carboxylic acids is 1. The number of rotatable bonds is 6. The Labute approximate surface area is 190 Å². The van der Waals surface area contributed by atoms with Crippen molar-refractivity contribution in [3.63, 3.8) is 0 Å². The summed E-state index contributed by atoms with van der Waals surface area (Å²) >= 11 is 6.00. The van der Waals surface area contributed by atoms with Crippen LogP contribution in [0.3, 0.4) is 0 Å². The summed E-state index contributed by atoms with van der Waals surface area (Å²) in [6.07, 6.45) is 1.54. The van der Waals surface area contributed by atoms with E-state index in [0.29, 0.717) is 33.3 Å². The first-order valence-corrected chi connectivity index (χ1v) is 10.2. The Kier molecular flexibility index (Phi) is 6.33. The van der Waals surface area contributed by atoms with E-state index in [1.54, 1.807) is 50.8 Å². The molecule has 32 heavy (non-hydrogen) atoms. The molecule has 0 saturated heterocycles. The number of hydrazone groups is 1. The van der Waals surface area contributed by atoms with Crippen molar-refractivity contribution < 1.29 is 14.3 Å². The summed E-state index contributed by atoms with van der Waals surface area (Å²) in [6, 6.07) is 21.9. The minimum absolute atomic E-state index is 0.337. The fraction of sp³-hybridized carbons (Fsp3) is 0.0800. The van der Waals surface area contributed by atoms with Crippen molar-refractivity contribution in [3.8, 4) is 22.8 Å². The van der Waals surface area contributed by atoms with Crippen LogP contribution in [-0.2, 0) is 0 Å². The summed E-state index contributed by atoms with van der Waals surface area (Å²) in [5.41, 5.74) is 6.09. The van der Waals surface area contributed by atoms with Gasteiger partial charge in [-0.05, 0) is 48.0 Å². The van der Waals surface area contributed by atoms with Crippen LogP contribution in [0.5, 0.6) is 11.5 Å². The Morgan fingerprint density at radius 1 is 0.969 bits per heavy atom. The molecule has 6 nitrogen and oxygen atoms in total. The SMILES string of the molecule is COc1ccc(/C=N\NC(=O)c2cc(-c3ccc(Cl)cc3)nc3ccccc23)cc1OC. The molecule has 0 fully saturated rings. The summed E-state index contributed by atoms with van der Waals surface area (Å²) in [6.45, 7) is 0. The molecule has 0 aliphatic heterocycles. The highest BCUT2D eigenvalue weighted by atomic mass is 35.5. The minimum atomic E-state index is -0.337. The zero-order valence-corrected chi connectivity index (χ0v) is 18.3. The van der Waals surface area contributed by atoms with Gasteiger partial charge in [0.05, 0.1) is 37.2 Å². The van der Waals surface area contributed by atoms with Gasteiger partial charge in [0.2, 0.25) is 0 Å². The third-order valence-corrected chi connectivity index (χ3v) is 5.14. The number of pyridine rings is 1. The third-order valence-electron chi connectivity index (χ3n) is 4.89. The predicted molar refractivity (Wildman–Crippen MR) is 127 cm³/mol. The van der Waals surface area contributed by atoms with Gasteiger partial charge < -0.3 is 9.47 Å². The molecule has 0 atom stereocenters. The van der Waals surface area contributed by atoms with Gasteiger partial charge in [0, 0.05) is 16.0 Å². The summed E-state index contributed by atoms with van der Waals surface area (Å²) in [5, 5.41) is 5.49. The Bertz CT molecular complexity index is 1300. The number of hydrogen-bond donors (Lipinski definition) is 1. The van der Waals surface area contributed by atoms with Crippen molar-refractivity contribution >= 4 is 34.6 Å². The number of fused-ring (bicyclic) bond motifs is 1. The fourth-order valence-corrected chi connectivity index (χ4v) is 3.42.